The lowest BCUT2D eigenvalue weighted by atomic mass is 10.0. The summed E-state index contributed by atoms with van der Waals surface area (Å²) in [6.07, 6.45) is -0.836. The Morgan fingerprint density at radius 1 is 0.897 bits per heavy atom. The standard InChI is InChI=1S/C24H23NO4/c1-17(15-28-24(27)29-16-18-7-5-4-6-8-18)23(26)21-10-9-20-14-22(25(2)3)12-11-19(20)13-21/h4-14H,1,15-16H2,2-3H3. The van der Waals surface area contributed by atoms with Crippen molar-refractivity contribution in [2.24, 2.45) is 0 Å². The van der Waals surface area contributed by atoms with Crippen molar-refractivity contribution in [2.75, 3.05) is 25.6 Å². The number of hydrogen-bond donors (Lipinski definition) is 0. The molecule has 3 aromatic carbocycles. The second-order valence-corrected chi connectivity index (χ2v) is 6.89. The first-order valence-electron chi connectivity index (χ1n) is 9.21. The Morgan fingerprint density at radius 3 is 2.31 bits per heavy atom. The molecule has 0 radical (unpaired) electrons. The summed E-state index contributed by atoms with van der Waals surface area (Å²) < 4.78 is 10.0. The molecule has 0 bridgehead atoms. The molecule has 0 aromatic heterocycles. The zero-order valence-electron chi connectivity index (χ0n) is 16.6. The lowest BCUT2D eigenvalue weighted by Gasteiger charge is -2.13. The molecule has 5 heteroatoms. The number of ketones is 1. The summed E-state index contributed by atoms with van der Waals surface area (Å²) in [6, 6.07) is 20.8. The first kappa shape index (κ1) is 20.1. The highest BCUT2D eigenvalue weighted by Gasteiger charge is 2.14. The summed E-state index contributed by atoms with van der Waals surface area (Å²) in [7, 11) is 3.96. The van der Waals surface area contributed by atoms with E-state index in [9.17, 15) is 9.59 Å². The fourth-order valence-electron chi connectivity index (χ4n) is 2.83. The highest BCUT2D eigenvalue weighted by atomic mass is 16.7. The van der Waals surface area contributed by atoms with Crippen molar-refractivity contribution in [2.45, 2.75) is 6.61 Å². The van der Waals surface area contributed by atoms with Gasteiger partial charge in [0.25, 0.3) is 0 Å². The second kappa shape index (κ2) is 9.06. The minimum atomic E-state index is -0.836. The molecule has 3 rings (SSSR count). The largest absolute Gasteiger partial charge is 0.508 e. The number of Topliss-reactive ketones (excluding diaryl/α,β-unsaturated/α-hetero) is 1. The minimum Gasteiger partial charge on any atom is -0.429 e. The number of anilines is 1. The molecule has 0 heterocycles. The molecule has 29 heavy (non-hydrogen) atoms. The normalized spacial score (nSPS) is 10.4. The molecule has 0 N–H and O–H groups in total. The molecule has 0 amide bonds. The third kappa shape index (κ3) is 5.23. The Labute approximate surface area is 170 Å². The average Bonchev–Trinajstić information content (AvgIpc) is 2.75. The van der Waals surface area contributed by atoms with E-state index in [0.29, 0.717) is 5.56 Å². The zero-order chi connectivity index (χ0) is 20.8. The maximum Gasteiger partial charge on any atom is 0.508 e. The zero-order valence-corrected chi connectivity index (χ0v) is 16.6. The van der Waals surface area contributed by atoms with Crippen LogP contribution in [0.15, 0.2) is 78.9 Å². The van der Waals surface area contributed by atoms with Crippen LogP contribution in [0.2, 0.25) is 0 Å². The molecule has 0 aliphatic rings. The van der Waals surface area contributed by atoms with Crippen LogP contribution in [0.3, 0.4) is 0 Å². The number of carbonyl (C=O) groups excluding carboxylic acids is 2. The highest BCUT2D eigenvalue weighted by Crippen LogP contribution is 2.23. The van der Waals surface area contributed by atoms with E-state index in [0.717, 1.165) is 22.0 Å². The average molecular weight is 389 g/mol. The van der Waals surface area contributed by atoms with Crippen LogP contribution in [-0.2, 0) is 16.1 Å². The summed E-state index contributed by atoms with van der Waals surface area (Å²) in [5, 5.41) is 2.00. The Bertz CT molecular complexity index is 1040. The van der Waals surface area contributed by atoms with E-state index in [2.05, 4.69) is 12.6 Å². The molecule has 0 unspecified atom stereocenters. The molecule has 0 fully saturated rings. The van der Waals surface area contributed by atoms with Crippen molar-refractivity contribution in [1.29, 1.82) is 0 Å². The van der Waals surface area contributed by atoms with Crippen LogP contribution < -0.4 is 4.90 Å². The minimum absolute atomic E-state index is 0.111. The summed E-state index contributed by atoms with van der Waals surface area (Å²) in [4.78, 5) is 26.4. The third-order valence-corrected chi connectivity index (χ3v) is 4.49. The number of fused-ring (bicyclic) bond motifs is 1. The molecular formula is C24H23NO4. The van der Waals surface area contributed by atoms with Crippen LogP contribution in [-0.4, -0.2) is 32.6 Å². The first-order chi connectivity index (χ1) is 13.9. The number of rotatable bonds is 7. The smallest absolute Gasteiger partial charge is 0.429 e. The first-order valence-corrected chi connectivity index (χ1v) is 9.21. The van der Waals surface area contributed by atoms with Gasteiger partial charge >= 0.3 is 6.16 Å². The van der Waals surface area contributed by atoms with Gasteiger partial charge in [0, 0.05) is 30.9 Å². The molecule has 0 spiro atoms. The van der Waals surface area contributed by atoms with Crippen molar-refractivity contribution in [3.63, 3.8) is 0 Å². The molecule has 148 valence electrons. The van der Waals surface area contributed by atoms with Gasteiger partial charge in [-0.1, -0.05) is 55.1 Å². The van der Waals surface area contributed by atoms with Crippen LogP contribution in [0.25, 0.3) is 10.8 Å². The molecule has 0 saturated carbocycles. The van der Waals surface area contributed by atoms with E-state index >= 15 is 0 Å². The van der Waals surface area contributed by atoms with E-state index in [1.807, 2.05) is 73.6 Å². The summed E-state index contributed by atoms with van der Waals surface area (Å²) in [5.74, 6) is -0.264. The molecule has 5 nitrogen and oxygen atoms in total. The predicted molar refractivity (Wildman–Crippen MR) is 114 cm³/mol. The van der Waals surface area contributed by atoms with Crippen molar-refractivity contribution in [3.05, 3.63) is 90.0 Å². The lowest BCUT2D eigenvalue weighted by molar-refractivity contribution is 0.0553. The van der Waals surface area contributed by atoms with E-state index in [-0.39, 0.29) is 24.6 Å². The van der Waals surface area contributed by atoms with Crippen LogP contribution >= 0.6 is 0 Å². The van der Waals surface area contributed by atoms with Crippen LogP contribution in [0.5, 0.6) is 0 Å². The fourth-order valence-corrected chi connectivity index (χ4v) is 2.83. The Kier molecular flexibility index (Phi) is 6.29. The van der Waals surface area contributed by atoms with Gasteiger partial charge in [0.15, 0.2) is 5.78 Å². The van der Waals surface area contributed by atoms with Crippen molar-refractivity contribution in [3.8, 4) is 0 Å². The fraction of sp³-hybridized carbons (Fsp3) is 0.167. The number of nitrogens with zero attached hydrogens (tertiary/aromatic N) is 1. The van der Waals surface area contributed by atoms with Gasteiger partial charge in [0.05, 0.1) is 0 Å². The van der Waals surface area contributed by atoms with Crippen LogP contribution in [0, 0.1) is 0 Å². The van der Waals surface area contributed by atoms with Gasteiger partial charge < -0.3 is 14.4 Å². The van der Waals surface area contributed by atoms with Gasteiger partial charge in [-0.05, 0) is 34.5 Å². The monoisotopic (exact) mass is 389 g/mol. The molecular weight excluding hydrogens is 366 g/mol. The number of carbonyl (C=O) groups is 2. The van der Waals surface area contributed by atoms with E-state index in [1.165, 1.54) is 0 Å². The quantitative estimate of drug-likeness (QED) is 0.323. The summed E-state index contributed by atoms with van der Waals surface area (Å²) in [6.45, 7) is 3.64. The number of benzene rings is 3. The van der Waals surface area contributed by atoms with Gasteiger partial charge in [-0.15, -0.1) is 0 Å². The van der Waals surface area contributed by atoms with Gasteiger partial charge in [0.1, 0.15) is 13.2 Å². The van der Waals surface area contributed by atoms with Crippen molar-refractivity contribution < 1.29 is 19.1 Å². The van der Waals surface area contributed by atoms with Gasteiger partial charge in [-0.3, -0.25) is 4.79 Å². The molecule has 0 atom stereocenters. The Balaban J connectivity index is 1.57. The van der Waals surface area contributed by atoms with E-state index in [4.69, 9.17) is 9.47 Å². The number of ether oxygens (including phenoxy) is 2. The Morgan fingerprint density at radius 2 is 1.59 bits per heavy atom. The molecule has 0 saturated heterocycles. The van der Waals surface area contributed by atoms with Crippen LogP contribution in [0.1, 0.15) is 15.9 Å². The summed E-state index contributed by atoms with van der Waals surface area (Å²) >= 11 is 0. The number of hydrogen-bond acceptors (Lipinski definition) is 5. The van der Waals surface area contributed by atoms with E-state index in [1.54, 1.807) is 6.07 Å². The maximum atomic E-state index is 12.6. The van der Waals surface area contributed by atoms with E-state index < -0.39 is 6.16 Å². The molecule has 0 aliphatic carbocycles. The van der Waals surface area contributed by atoms with Gasteiger partial charge in [-0.2, -0.15) is 0 Å². The second-order valence-electron chi connectivity index (χ2n) is 6.89. The topological polar surface area (TPSA) is 55.8 Å². The SMILES string of the molecule is C=C(COC(=O)OCc1ccccc1)C(=O)c1ccc2cc(N(C)C)ccc2c1. The summed E-state index contributed by atoms with van der Waals surface area (Å²) in [5.41, 5.74) is 2.63. The molecule has 3 aromatic rings. The van der Waals surface area contributed by atoms with Crippen LogP contribution in [0.4, 0.5) is 10.5 Å². The lowest BCUT2D eigenvalue weighted by Crippen LogP contribution is -2.14. The maximum absolute atomic E-state index is 12.6. The Hall–Kier alpha value is -3.60. The molecule has 0 aliphatic heterocycles. The van der Waals surface area contributed by atoms with Crippen molar-refractivity contribution >= 4 is 28.4 Å². The third-order valence-electron chi connectivity index (χ3n) is 4.49. The highest BCUT2D eigenvalue weighted by molar-refractivity contribution is 6.10. The van der Waals surface area contributed by atoms with Gasteiger partial charge in [0.2, 0.25) is 0 Å². The predicted octanol–water partition coefficient (Wildman–Crippen LogP) is 5.00. The van der Waals surface area contributed by atoms with Crippen molar-refractivity contribution in [1.82, 2.24) is 0 Å². The van der Waals surface area contributed by atoms with Gasteiger partial charge in [-0.25, -0.2) is 4.79 Å².